The lowest BCUT2D eigenvalue weighted by Crippen LogP contribution is -2.66. The minimum Gasteiger partial charge on any atom is -0.477 e. The van der Waals surface area contributed by atoms with Crippen molar-refractivity contribution in [1.29, 1.82) is 0 Å². The molecule has 3 amide bonds. The van der Waals surface area contributed by atoms with E-state index in [4.69, 9.17) is 0 Å². The fraction of sp³-hybridized carbons (Fsp3) is 0.714. The van der Waals surface area contributed by atoms with Crippen LogP contribution in [0.25, 0.3) is 0 Å². The third-order valence-electron chi connectivity index (χ3n) is 6.44. The van der Waals surface area contributed by atoms with Gasteiger partial charge in [-0.3, -0.25) is 14.4 Å². The zero-order chi connectivity index (χ0) is 23.7. The maximum absolute atomic E-state index is 12.9. The Kier molecular flexibility index (Phi) is 7.51. The lowest BCUT2D eigenvalue weighted by molar-refractivity contribution is -0.158. The number of carboxylic acid groups (broad SMARTS) is 1. The highest BCUT2D eigenvalue weighted by Crippen LogP contribution is 2.51. The third kappa shape index (κ3) is 4.51. The molecule has 4 N–H and O–H groups in total. The molecular formula is C21H33N5O5S. The molecule has 3 aliphatic heterocycles. The van der Waals surface area contributed by atoms with Crippen LogP contribution < -0.4 is 16.0 Å². The van der Waals surface area contributed by atoms with Gasteiger partial charge in [-0.2, -0.15) is 0 Å². The highest BCUT2D eigenvalue weighted by molar-refractivity contribution is 8.03. The van der Waals surface area contributed by atoms with Crippen molar-refractivity contribution in [2.24, 2.45) is 11.8 Å². The number of aliphatic carboxylic acids is 1. The number of rotatable bonds is 9. The Morgan fingerprint density at radius 3 is 2.62 bits per heavy atom. The molecule has 32 heavy (non-hydrogen) atoms. The summed E-state index contributed by atoms with van der Waals surface area (Å²) in [6.45, 7) is 4.88. The van der Waals surface area contributed by atoms with Crippen molar-refractivity contribution >= 4 is 35.5 Å². The van der Waals surface area contributed by atoms with Crippen molar-refractivity contribution < 1.29 is 24.3 Å². The topological polar surface area (TPSA) is 131 Å². The largest absolute Gasteiger partial charge is 0.477 e. The van der Waals surface area contributed by atoms with Gasteiger partial charge in [-0.1, -0.05) is 6.92 Å². The van der Waals surface area contributed by atoms with Gasteiger partial charge in [-0.15, -0.1) is 11.8 Å². The first kappa shape index (κ1) is 24.5. The number of carbonyl (C=O) groups excluding carboxylic acids is 3. The Labute approximate surface area is 192 Å². The number of nitrogens with zero attached hydrogens (tertiary/aromatic N) is 2. The fourth-order valence-corrected chi connectivity index (χ4v) is 6.30. The van der Waals surface area contributed by atoms with E-state index in [0.717, 1.165) is 0 Å². The second-order valence-electron chi connectivity index (χ2n) is 8.91. The van der Waals surface area contributed by atoms with E-state index in [0.29, 0.717) is 30.8 Å². The van der Waals surface area contributed by atoms with Crippen LogP contribution in [0.5, 0.6) is 0 Å². The molecule has 0 saturated carbocycles. The molecule has 11 heteroatoms. The van der Waals surface area contributed by atoms with Crippen molar-refractivity contribution in [3.05, 3.63) is 10.6 Å². The number of amides is 3. The molecular weight excluding hydrogens is 434 g/mol. The van der Waals surface area contributed by atoms with Crippen molar-refractivity contribution in [3.8, 4) is 0 Å². The Morgan fingerprint density at radius 2 is 2.03 bits per heavy atom. The molecule has 2 saturated heterocycles. The Hall–Kier alpha value is -2.11. The van der Waals surface area contributed by atoms with Gasteiger partial charge in [-0.05, 0) is 20.4 Å². The first-order valence-corrected chi connectivity index (χ1v) is 11.8. The van der Waals surface area contributed by atoms with E-state index in [1.807, 2.05) is 6.92 Å². The van der Waals surface area contributed by atoms with Crippen LogP contribution in [0.2, 0.25) is 0 Å². The average Bonchev–Trinajstić information content (AvgIpc) is 3.28. The van der Waals surface area contributed by atoms with Crippen LogP contribution >= 0.6 is 11.8 Å². The van der Waals surface area contributed by atoms with Crippen molar-refractivity contribution in [1.82, 2.24) is 25.8 Å². The van der Waals surface area contributed by atoms with Crippen molar-refractivity contribution in [2.45, 2.75) is 50.1 Å². The summed E-state index contributed by atoms with van der Waals surface area (Å²) in [5.41, 5.74) is 0.0462. The predicted octanol–water partition coefficient (Wildman–Crippen LogP) is -0.575. The van der Waals surface area contributed by atoms with Gasteiger partial charge in [-0.25, -0.2) is 4.79 Å². The molecule has 0 aromatic carbocycles. The van der Waals surface area contributed by atoms with E-state index in [1.165, 1.54) is 16.7 Å². The molecule has 0 spiro atoms. The number of carboxylic acids is 1. The SMILES string of the molecule is CNCCC(=O)N[C@H](C)[C@H]1C(=O)N2C(C(=O)O)=C(S[C@@H]3CN[C@H](C(=O)N(C)C)C3)[C@H](C)[C@H]12. The summed E-state index contributed by atoms with van der Waals surface area (Å²) < 4.78 is 0. The number of carbonyl (C=O) groups is 4. The molecule has 3 aliphatic rings. The minimum absolute atomic E-state index is 0.00177. The number of likely N-dealkylation sites (N-methyl/N-ethyl adjacent to an activating group) is 1. The summed E-state index contributed by atoms with van der Waals surface area (Å²) in [5, 5.41) is 18.9. The second kappa shape index (κ2) is 9.80. The lowest BCUT2D eigenvalue weighted by atomic mass is 9.78. The zero-order valence-corrected chi connectivity index (χ0v) is 20.0. The average molecular weight is 468 g/mol. The van der Waals surface area contributed by atoms with Crippen LogP contribution in [0.3, 0.4) is 0 Å². The van der Waals surface area contributed by atoms with Gasteiger partial charge in [0.1, 0.15) is 5.70 Å². The molecule has 3 heterocycles. The first-order valence-electron chi connectivity index (χ1n) is 10.9. The highest BCUT2D eigenvalue weighted by atomic mass is 32.2. The van der Waals surface area contributed by atoms with Crippen LogP contribution in [0.1, 0.15) is 26.7 Å². The van der Waals surface area contributed by atoms with Crippen LogP contribution in [-0.4, -0.2) is 96.2 Å². The van der Waals surface area contributed by atoms with E-state index in [1.54, 1.807) is 33.0 Å². The number of hydrogen-bond acceptors (Lipinski definition) is 7. The molecule has 3 rings (SSSR count). The van der Waals surface area contributed by atoms with E-state index in [9.17, 15) is 24.3 Å². The Balaban J connectivity index is 1.71. The third-order valence-corrected chi connectivity index (χ3v) is 7.96. The summed E-state index contributed by atoms with van der Waals surface area (Å²) in [7, 11) is 5.19. The smallest absolute Gasteiger partial charge is 0.353 e. The molecule has 6 atom stereocenters. The van der Waals surface area contributed by atoms with Crippen LogP contribution in [0, 0.1) is 11.8 Å². The summed E-state index contributed by atoms with van der Waals surface area (Å²) in [5.74, 6) is -2.14. The van der Waals surface area contributed by atoms with Gasteiger partial charge in [0.05, 0.1) is 18.0 Å². The molecule has 0 aromatic rings. The molecule has 178 valence electrons. The number of β-lactam (4-membered cyclic amide) rings is 1. The van der Waals surface area contributed by atoms with Crippen LogP contribution in [-0.2, 0) is 19.2 Å². The van der Waals surface area contributed by atoms with Gasteiger partial charge in [0.15, 0.2) is 0 Å². The fourth-order valence-electron chi connectivity index (χ4n) is 4.82. The minimum atomic E-state index is -1.12. The van der Waals surface area contributed by atoms with Gasteiger partial charge < -0.3 is 30.9 Å². The second-order valence-corrected chi connectivity index (χ2v) is 10.3. The molecule has 0 aromatic heterocycles. The Morgan fingerprint density at radius 1 is 1.34 bits per heavy atom. The van der Waals surface area contributed by atoms with Crippen molar-refractivity contribution in [2.75, 3.05) is 34.2 Å². The normalized spacial score (nSPS) is 30.1. The molecule has 2 fully saturated rings. The number of hydrogen-bond donors (Lipinski definition) is 4. The highest BCUT2D eigenvalue weighted by Gasteiger charge is 2.60. The zero-order valence-electron chi connectivity index (χ0n) is 19.2. The standard InChI is InChI=1S/C21H33N5O5S/c1-10-16-15(11(2)24-14(27)6-7-22-3)20(29)26(16)17(21(30)31)18(10)32-12-8-13(23-9-12)19(28)25(4)5/h10-13,15-16,22-23H,6-9H2,1-5H3,(H,24,27)(H,30,31)/t10-,11-,12+,13+,15-,16-/m1/s1. The van der Waals surface area contributed by atoms with Gasteiger partial charge in [0.2, 0.25) is 17.7 Å². The molecule has 0 radical (unpaired) electrons. The summed E-state index contributed by atoms with van der Waals surface area (Å²) in [6, 6.07) is -0.957. The maximum atomic E-state index is 12.9. The molecule has 0 bridgehead atoms. The van der Waals surface area contributed by atoms with Gasteiger partial charge in [0, 0.05) is 55.7 Å². The van der Waals surface area contributed by atoms with Gasteiger partial charge in [0.25, 0.3) is 0 Å². The number of thioether (sulfide) groups is 1. The first-order chi connectivity index (χ1) is 15.1. The van der Waals surface area contributed by atoms with Crippen molar-refractivity contribution in [3.63, 3.8) is 0 Å². The Bertz CT molecular complexity index is 831. The lowest BCUT2D eigenvalue weighted by Gasteiger charge is -2.47. The van der Waals surface area contributed by atoms with E-state index < -0.39 is 11.9 Å². The molecule has 0 aliphatic carbocycles. The summed E-state index contributed by atoms with van der Waals surface area (Å²) >= 11 is 1.46. The van der Waals surface area contributed by atoms with Crippen LogP contribution in [0.15, 0.2) is 10.6 Å². The molecule has 0 unspecified atom stereocenters. The summed E-state index contributed by atoms with van der Waals surface area (Å²) in [6.07, 6.45) is 0.914. The van der Waals surface area contributed by atoms with Crippen LogP contribution in [0.4, 0.5) is 0 Å². The van der Waals surface area contributed by atoms with Gasteiger partial charge >= 0.3 is 5.97 Å². The number of fused-ring (bicyclic) bond motifs is 1. The quantitative estimate of drug-likeness (QED) is 0.332. The monoisotopic (exact) mass is 467 g/mol. The van der Waals surface area contributed by atoms with E-state index >= 15 is 0 Å². The molecule has 10 nitrogen and oxygen atoms in total. The van der Waals surface area contributed by atoms with E-state index in [-0.39, 0.29) is 52.7 Å². The maximum Gasteiger partial charge on any atom is 0.353 e. The van der Waals surface area contributed by atoms with E-state index in [2.05, 4.69) is 16.0 Å². The predicted molar refractivity (Wildman–Crippen MR) is 121 cm³/mol. The summed E-state index contributed by atoms with van der Waals surface area (Å²) in [4.78, 5) is 53.0. The number of nitrogens with one attached hydrogen (secondary N) is 3.